The standard InChI is InChI=1S/C23H27NS/c25-24-23(21-16-10-4-5-11-17-21,22-18-12-6-7-13-19-22)20-14-8-2-1-3-9-15-20/h1-5,8-11,14-16,22H,6-7,12-13,17-19H2. The van der Waals surface area contributed by atoms with Crippen molar-refractivity contribution in [1.29, 1.82) is 0 Å². The van der Waals surface area contributed by atoms with Gasteiger partial charge in [0.15, 0.2) is 0 Å². The molecular formula is C23H27NS. The van der Waals surface area contributed by atoms with E-state index in [0.29, 0.717) is 5.92 Å². The summed E-state index contributed by atoms with van der Waals surface area (Å²) in [7, 11) is 0. The molecule has 0 N–H and O–H groups in total. The Bertz CT molecular complexity index is 679. The van der Waals surface area contributed by atoms with Gasteiger partial charge < -0.3 is 0 Å². The first-order valence-corrected chi connectivity index (χ1v) is 9.84. The highest BCUT2D eigenvalue weighted by atomic mass is 32.1. The summed E-state index contributed by atoms with van der Waals surface area (Å²) < 4.78 is 4.72. The fourth-order valence-electron chi connectivity index (χ4n) is 4.25. The molecule has 0 saturated heterocycles. The van der Waals surface area contributed by atoms with E-state index >= 15 is 0 Å². The van der Waals surface area contributed by atoms with Crippen molar-refractivity contribution in [2.45, 2.75) is 50.5 Å². The van der Waals surface area contributed by atoms with Gasteiger partial charge in [-0.15, -0.1) is 0 Å². The molecule has 1 nitrogen and oxygen atoms in total. The van der Waals surface area contributed by atoms with E-state index in [2.05, 4.69) is 72.9 Å². The molecule has 0 radical (unpaired) electrons. The van der Waals surface area contributed by atoms with Crippen LogP contribution in [0.25, 0.3) is 0 Å². The summed E-state index contributed by atoms with van der Waals surface area (Å²) in [5.41, 5.74) is 2.16. The lowest BCUT2D eigenvalue weighted by Crippen LogP contribution is -2.39. The van der Waals surface area contributed by atoms with Gasteiger partial charge in [0.05, 0.1) is 0 Å². The quantitative estimate of drug-likeness (QED) is 0.529. The first kappa shape index (κ1) is 18.0. The van der Waals surface area contributed by atoms with Gasteiger partial charge in [-0.05, 0) is 36.3 Å². The Morgan fingerprint density at radius 3 is 2.28 bits per heavy atom. The van der Waals surface area contributed by atoms with E-state index in [4.69, 9.17) is 16.8 Å². The fourth-order valence-corrected chi connectivity index (χ4v) is 4.62. The zero-order valence-electron chi connectivity index (χ0n) is 14.8. The number of hydrogen-bond acceptors (Lipinski definition) is 2. The number of hydrogen-bond donors (Lipinski definition) is 0. The summed E-state index contributed by atoms with van der Waals surface area (Å²) >= 11 is 5.51. The van der Waals surface area contributed by atoms with Crippen molar-refractivity contribution in [1.82, 2.24) is 0 Å². The molecule has 0 aromatic carbocycles. The van der Waals surface area contributed by atoms with Crippen LogP contribution in [-0.2, 0) is 12.4 Å². The molecule has 3 aliphatic rings. The monoisotopic (exact) mass is 349 g/mol. The Hall–Kier alpha value is -1.80. The molecule has 1 saturated carbocycles. The van der Waals surface area contributed by atoms with Gasteiger partial charge in [-0.2, -0.15) is 0 Å². The lowest BCUT2D eigenvalue weighted by molar-refractivity contribution is 0.329. The molecule has 2 heteroatoms. The van der Waals surface area contributed by atoms with Crippen molar-refractivity contribution in [2.24, 2.45) is 10.3 Å². The van der Waals surface area contributed by atoms with Crippen LogP contribution < -0.4 is 0 Å². The summed E-state index contributed by atoms with van der Waals surface area (Å²) in [6.07, 6.45) is 34.2. The van der Waals surface area contributed by atoms with Crippen LogP contribution >= 0.6 is 0 Å². The minimum absolute atomic E-state index is 0.398. The molecule has 0 heterocycles. The Kier molecular flexibility index (Phi) is 6.52. The van der Waals surface area contributed by atoms with E-state index in [1.807, 2.05) is 0 Å². The van der Waals surface area contributed by atoms with Crippen molar-refractivity contribution >= 4 is 12.4 Å². The molecule has 0 bridgehead atoms. The van der Waals surface area contributed by atoms with Gasteiger partial charge >= 0.3 is 0 Å². The smallest absolute Gasteiger partial charge is 0.123 e. The summed E-state index contributed by atoms with van der Waals surface area (Å²) in [6.45, 7) is 0. The van der Waals surface area contributed by atoms with Gasteiger partial charge in [-0.3, -0.25) is 0 Å². The van der Waals surface area contributed by atoms with Crippen LogP contribution in [-0.4, -0.2) is 5.54 Å². The minimum Gasteiger partial charge on any atom is -0.203 e. The third-order valence-corrected chi connectivity index (χ3v) is 5.80. The van der Waals surface area contributed by atoms with Crippen molar-refractivity contribution < 1.29 is 0 Å². The summed E-state index contributed by atoms with van der Waals surface area (Å²) in [5.74, 6) is 0.478. The molecule has 1 atom stereocenters. The van der Waals surface area contributed by atoms with Crippen LogP contribution in [0.4, 0.5) is 0 Å². The van der Waals surface area contributed by atoms with Crippen LogP contribution in [0.3, 0.4) is 0 Å². The highest BCUT2D eigenvalue weighted by Gasteiger charge is 2.43. The second-order valence-corrected chi connectivity index (χ2v) is 7.19. The summed E-state index contributed by atoms with van der Waals surface area (Å²) in [4.78, 5) is 0. The van der Waals surface area contributed by atoms with Crippen LogP contribution in [0.5, 0.6) is 0 Å². The number of allylic oxidation sites excluding steroid dienone is 11. The first-order chi connectivity index (χ1) is 12.4. The maximum absolute atomic E-state index is 5.51. The van der Waals surface area contributed by atoms with Gasteiger partial charge in [0.1, 0.15) is 5.54 Å². The van der Waals surface area contributed by atoms with Gasteiger partial charge in [-0.25, -0.2) is 4.36 Å². The minimum atomic E-state index is -0.398. The number of nitrogens with zero attached hydrogens (tertiary/aromatic N) is 1. The Morgan fingerprint density at radius 1 is 0.800 bits per heavy atom. The molecule has 25 heavy (non-hydrogen) atoms. The fraction of sp³-hybridized carbons (Fsp3) is 0.391. The molecule has 130 valence electrons. The molecule has 0 spiro atoms. The number of rotatable bonds is 4. The van der Waals surface area contributed by atoms with Gasteiger partial charge in [-0.1, -0.05) is 98.6 Å². The van der Waals surface area contributed by atoms with Crippen molar-refractivity contribution in [2.75, 3.05) is 0 Å². The topological polar surface area (TPSA) is 12.4 Å². The maximum Gasteiger partial charge on any atom is 0.123 e. The molecule has 0 amide bonds. The molecule has 0 aliphatic heterocycles. The van der Waals surface area contributed by atoms with E-state index < -0.39 is 5.54 Å². The van der Waals surface area contributed by atoms with Gasteiger partial charge in [0.2, 0.25) is 0 Å². The zero-order chi connectivity index (χ0) is 17.4. The van der Waals surface area contributed by atoms with E-state index in [-0.39, 0.29) is 0 Å². The van der Waals surface area contributed by atoms with Crippen LogP contribution in [0, 0.1) is 5.92 Å². The lowest BCUT2D eigenvalue weighted by atomic mass is 9.68. The average molecular weight is 350 g/mol. The Morgan fingerprint density at radius 2 is 1.48 bits per heavy atom. The van der Waals surface area contributed by atoms with Gasteiger partial charge in [0, 0.05) is 12.4 Å². The SMILES string of the molecule is S=NC(C1=CC=CC=CC=C1)(C1=CC=CC=CC1)C1CCCCCC1. The molecule has 0 aromatic heterocycles. The van der Waals surface area contributed by atoms with Crippen LogP contribution in [0.2, 0.25) is 0 Å². The predicted octanol–water partition coefficient (Wildman–Crippen LogP) is 6.48. The van der Waals surface area contributed by atoms with E-state index in [0.717, 1.165) is 6.42 Å². The Balaban J connectivity index is 2.11. The molecule has 3 rings (SSSR count). The molecule has 1 unspecified atom stereocenters. The first-order valence-electron chi connectivity index (χ1n) is 9.47. The van der Waals surface area contributed by atoms with Crippen LogP contribution in [0.1, 0.15) is 44.9 Å². The van der Waals surface area contributed by atoms with Crippen molar-refractivity contribution in [3.8, 4) is 0 Å². The summed E-state index contributed by atoms with van der Waals surface area (Å²) in [6, 6.07) is 0. The molecule has 0 aromatic rings. The Labute approximate surface area is 157 Å². The summed E-state index contributed by atoms with van der Waals surface area (Å²) in [5, 5.41) is 0. The molecule has 1 fully saturated rings. The van der Waals surface area contributed by atoms with Crippen molar-refractivity contribution in [3.63, 3.8) is 0 Å². The molecular weight excluding hydrogens is 322 g/mol. The second-order valence-electron chi connectivity index (χ2n) is 7.01. The largest absolute Gasteiger partial charge is 0.203 e. The van der Waals surface area contributed by atoms with Crippen LogP contribution in [0.15, 0.2) is 88.4 Å². The van der Waals surface area contributed by atoms with E-state index in [1.165, 1.54) is 49.7 Å². The zero-order valence-corrected chi connectivity index (χ0v) is 15.6. The highest BCUT2D eigenvalue weighted by Crippen LogP contribution is 2.46. The average Bonchev–Trinajstić information content (AvgIpc) is 3.03. The highest BCUT2D eigenvalue weighted by molar-refractivity contribution is 7.47. The second kappa shape index (κ2) is 9.05. The predicted molar refractivity (Wildman–Crippen MR) is 110 cm³/mol. The van der Waals surface area contributed by atoms with Crippen molar-refractivity contribution in [3.05, 3.63) is 84.1 Å². The van der Waals surface area contributed by atoms with Gasteiger partial charge in [0.25, 0.3) is 0 Å². The van der Waals surface area contributed by atoms with E-state index in [9.17, 15) is 0 Å². The third kappa shape index (κ3) is 4.07. The normalized spacial score (nSPS) is 23.7. The van der Waals surface area contributed by atoms with E-state index in [1.54, 1.807) is 0 Å². The maximum atomic E-state index is 5.51. The third-order valence-electron chi connectivity index (χ3n) is 5.51. The molecule has 3 aliphatic carbocycles. The lowest BCUT2D eigenvalue weighted by Gasteiger charge is -2.39.